The van der Waals surface area contributed by atoms with Crippen molar-refractivity contribution in [2.75, 3.05) is 13.1 Å². The summed E-state index contributed by atoms with van der Waals surface area (Å²) in [4.78, 5) is 21.4. The van der Waals surface area contributed by atoms with E-state index < -0.39 is 0 Å². The number of aromatic amines is 1. The van der Waals surface area contributed by atoms with Crippen molar-refractivity contribution in [3.05, 3.63) is 18.2 Å². The smallest absolute Gasteiger partial charge is 0.153 e. The maximum absolute atomic E-state index is 12.0. The van der Waals surface area contributed by atoms with E-state index in [2.05, 4.69) is 14.9 Å². The van der Waals surface area contributed by atoms with Crippen molar-refractivity contribution >= 4 is 5.78 Å². The molecule has 0 aliphatic carbocycles. The molecule has 3 fully saturated rings. The molecular formula is C11H15N3O. The summed E-state index contributed by atoms with van der Waals surface area (Å²) in [7, 11) is 0. The Bertz CT molecular complexity index is 352. The highest BCUT2D eigenvalue weighted by Crippen LogP contribution is 2.30. The van der Waals surface area contributed by atoms with E-state index in [-0.39, 0.29) is 6.04 Å². The predicted octanol–water partition coefficient (Wildman–Crippen LogP) is 0.615. The summed E-state index contributed by atoms with van der Waals surface area (Å²) < 4.78 is 0. The molecule has 1 aromatic rings. The fourth-order valence-corrected chi connectivity index (χ4v) is 2.78. The van der Waals surface area contributed by atoms with E-state index in [4.69, 9.17) is 0 Å². The number of ketones is 1. The zero-order valence-electron chi connectivity index (χ0n) is 8.65. The maximum atomic E-state index is 12.0. The van der Waals surface area contributed by atoms with Crippen LogP contribution in [0.4, 0.5) is 0 Å². The highest BCUT2D eigenvalue weighted by Gasteiger charge is 2.40. The zero-order valence-corrected chi connectivity index (χ0v) is 8.65. The Kier molecular flexibility index (Phi) is 2.09. The number of Topliss-reactive ketones (excluding diaryl/α,β-unsaturated/α-hetero) is 1. The first-order valence-electron chi connectivity index (χ1n) is 5.59. The predicted molar refractivity (Wildman–Crippen MR) is 55.4 cm³/mol. The van der Waals surface area contributed by atoms with E-state index in [9.17, 15) is 4.79 Å². The minimum absolute atomic E-state index is 0.109. The molecule has 1 N–H and O–H groups in total. The summed E-state index contributed by atoms with van der Waals surface area (Å²) in [5.74, 6) is 0.782. The van der Waals surface area contributed by atoms with Gasteiger partial charge in [0.15, 0.2) is 5.78 Å². The number of nitrogens with one attached hydrogen (secondary N) is 1. The SMILES string of the molecule is O=C1C2CCN(CC2)C1Cc1cnc[nH]1. The Balaban J connectivity index is 1.78. The monoisotopic (exact) mass is 205 g/mol. The van der Waals surface area contributed by atoms with Crippen molar-refractivity contribution < 1.29 is 4.79 Å². The van der Waals surface area contributed by atoms with Gasteiger partial charge in [-0.05, 0) is 25.9 Å². The third-order valence-corrected chi connectivity index (χ3v) is 3.67. The minimum atomic E-state index is 0.109. The van der Waals surface area contributed by atoms with Crippen molar-refractivity contribution in [3.63, 3.8) is 0 Å². The highest BCUT2D eigenvalue weighted by atomic mass is 16.1. The Morgan fingerprint density at radius 3 is 2.87 bits per heavy atom. The van der Waals surface area contributed by atoms with Gasteiger partial charge in [-0.3, -0.25) is 9.69 Å². The molecule has 0 radical (unpaired) electrons. The van der Waals surface area contributed by atoms with Crippen molar-refractivity contribution in [1.29, 1.82) is 0 Å². The second kappa shape index (κ2) is 3.45. The van der Waals surface area contributed by atoms with Gasteiger partial charge >= 0.3 is 0 Å². The van der Waals surface area contributed by atoms with Crippen LogP contribution in [-0.4, -0.2) is 39.8 Å². The molecule has 0 amide bonds. The fourth-order valence-electron chi connectivity index (χ4n) is 2.78. The summed E-state index contributed by atoms with van der Waals surface area (Å²) in [6.45, 7) is 2.18. The van der Waals surface area contributed by atoms with E-state index >= 15 is 0 Å². The number of rotatable bonds is 2. The van der Waals surface area contributed by atoms with E-state index in [1.165, 1.54) is 0 Å². The molecule has 0 aromatic carbocycles. The van der Waals surface area contributed by atoms with Gasteiger partial charge < -0.3 is 4.98 Å². The van der Waals surface area contributed by atoms with Gasteiger partial charge in [0.2, 0.25) is 0 Å². The van der Waals surface area contributed by atoms with Gasteiger partial charge in [0.1, 0.15) is 0 Å². The molecule has 2 bridgehead atoms. The highest BCUT2D eigenvalue weighted by molar-refractivity contribution is 5.88. The molecule has 3 aliphatic rings. The summed E-state index contributed by atoms with van der Waals surface area (Å²) in [5, 5.41) is 0. The van der Waals surface area contributed by atoms with Crippen LogP contribution in [0, 0.1) is 5.92 Å². The second-order valence-electron chi connectivity index (χ2n) is 4.51. The molecule has 0 spiro atoms. The van der Waals surface area contributed by atoms with Gasteiger partial charge in [-0.1, -0.05) is 0 Å². The molecule has 3 saturated heterocycles. The first kappa shape index (κ1) is 9.09. The Hall–Kier alpha value is -1.16. The van der Waals surface area contributed by atoms with Gasteiger partial charge in [0.05, 0.1) is 12.4 Å². The van der Waals surface area contributed by atoms with Crippen molar-refractivity contribution in [1.82, 2.24) is 14.9 Å². The summed E-state index contributed by atoms with van der Waals surface area (Å²) in [6, 6.07) is 0.109. The lowest BCUT2D eigenvalue weighted by molar-refractivity contribution is -0.136. The molecule has 80 valence electrons. The molecule has 1 atom stereocenters. The third kappa shape index (κ3) is 1.49. The molecule has 3 aliphatic heterocycles. The largest absolute Gasteiger partial charge is 0.348 e. The average molecular weight is 205 g/mol. The van der Waals surface area contributed by atoms with Crippen LogP contribution >= 0.6 is 0 Å². The average Bonchev–Trinajstić information content (AvgIpc) is 2.77. The van der Waals surface area contributed by atoms with E-state index in [1.54, 1.807) is 6.33 Å². The number of carbonyl (C=O) groups excluding carboxylic acids is 1. The van der Waals surface area contributed by atoms with Gasteiger partial charge in [-0.25, -0.2) is 4.98 Å². The van der Waals surface area contributed by atoms with Gasteiger partial charge in [-0.2, -0.15) is 0 Å². The Morgan fingerprint density at radius 2 is 2.27 bits per heavy atom. The van der Waals surface area contributed by atoms with Gasteiger partial charge in [0, 0.05) is 24.2 Å². The van der Waals surface area contributed by atoms with E-state index in [0.29, 0.717) is 11.7 Å². The maximum Gasteiger partial charge on any atom is 0.153 e. The van der Waals surface area contributed by atoms with Crippen LogP contribution < -0.4 is 0 Å². The molecule has 4 nitrogen and oxygen atoms in total. The van der Waals surface area contributed by atoms with E-state index in [1.807, 2.05) is 6.20 Å². The molecular weight excluding hydrogens is 190 g/mol. The molecule has 4 rings (SSSR count). The number of fused-ring (bicyclic) bond motifs is 3. The van der Waals surface area contributed by atoms with Crippen LogP contribution in [0.15, 0.2) is 12.5 Å². The number of imidazole rings is 1. The molecule has 0 saturated carbocycles. The normalized spacial score (nSPS) is 34.7. The summed E-state index contributed by atoms with van der Waals surface area (Å²) in [6.07, 6.45) is 6.43. The van der Waals surface area contributed by atoms with Crippen molar-refractivity contribution in [3.8, 4) is 0 Å². The quantitative estimate of drug-likeness (QED) is 0.769. The van der Waals surface area contributed by atoms with Gasteiger partial charge in [-0.15, -0.1) is 0 Å². The van der Waals surface area contributed by atoms with Crippen LogP contribution in [0.1, 0.15) is 18.5 Å². The molecule has 4 heterocycles. The summed E-state index contributed by atoms with van der Waals surface area (Å²) >= 11 is 0. The third-order valence-electron chi connectivity index (χ3n) is 3.67. The first-order valence-corrected chi connectivity index (χ1v) is 5.59. The number of carbonyl (C=O) groups is 1. The van der Waals surface area contributed by atoms with Crippen molar-refractivity contribution in [2.24, 2.45) is 5.92 Å². The number of nitrogens with zero attached hydrogens (tertiary/aromatic N) is 2. The lowest BCUT2D eigenvalue weighted by atomic mass is 9.80. The van der Waals surface area contributed by atoms with Crippen molar-refractivity contribution in [2.45, 2.75) is 25.3 Å². The van der Waals surface area contributed by atoms with Crippen LogP contribution in [0.3, 0.4) is 0 Å². The first-order chi connectivity index (χ1) is 7.34. The topological polar surface area (TPSA) is 49.0 Å². The van der Waals surface area contributed by atoms with Crippen LogP contribution in [-0.2, 0) is 11.2 Å². The zero-order chi connectivity index (χ0) is 10.3. The summed E-state index contributed by atoms with van der Waals surface area (Å²) in [5.41, 5.74) is 1.07. The minimum Gasteiger partial charge on any atom is -0.348 e. The molecule has 1 unspecified atom stereocenters. The number of piperidine rings is 3. The Labute approximate surface area is 88.7 Å². The molecule has 1 aromatic heterocycles. The Morgan fingerprint density at radius 1 is 1.47 bits per heavy atom. The van der Waals surface area contributed by atoms with Gasteiger partial charge in [0.25, 0.3) is 0 Å². The second-order valence-corrected chi connectivity index (χ2v) is 4.51. The van der Waals surface area contributed by atoms with Crippen LogP contribution in [0.2, 0.25) is 0 Å². The number of aromatic nitrogens is 2. The van der Waals surface area contributed by atoms with Crippen LogP contribution in [0.25, 0.3) is 0 Å². The number of H-pyrrole nitrogens is 1. The van der Waals surface area contributed by atoms with Crippen LogP contribution in [0.5, 0.6) is 0 Å². The van der Waals surface area contributed by atoms with E-state index in [0.717, 1.165) is 38.0 Å². The lowest BCUT2D eigenvalue weighted by Gasteiger charge is -2.43. The standard InChI is InChI=1S/C11H15N3O/c15-11-8-1-3-14(4-2-8)10(11)5-9-6-12-7-13-9/h6-8,10H,1-5H2,(H,12,13). The molecule has 4 heteroatoms. The lowest BCUT2D eigenvalue weighted by Crippen LogP contribution is -2.56. The number of hydrogen-bond donors (Lipinski definition) is 1. The molecule has 15 heavy (non-hydrogen) atoms. The fraction of sp³-hybridized carbons (Fsp3) is 0.636. The number of hydrogen-bond acceptors (Lipinski definition) is 3.